The summed E-state index contributed by atoms with van der Waals surface area (Å²) in [5.41, 5.74) is 13.6. The topological polar surface area (TPSA) is 257 Å². The van der Waals surface area contributed by atoms with Gasteiger partial charge in [-0.1, -0.05) is 129 Å². The molecule has 5 rings (SSSR count). The van der Waals surface area contributed by atoms with Gasteiger partial charge in [-0.25, -0.2) is 4.79 Å². The molecule has 0 aliphatic heterocycles. The van der Waals surface area contributed by atoms with Crippen molar-refractivity contribution in [3.05, 3.63) is 144 Å². The summed E-state index contributed by atoms with van der Waals surface area (Å²) in [6.45, 7) is 3.44. The average molecular weight is 928 g/mol. The number of hydrogen-bond acceptors (Lipinski definition) is 9. The van der Waals surface area contributed by atoms with Crippen LogP contribution in [0.2, 0.25) is 0 Å². The largest absolute Gasteiger partial charge is 0.496 e. The van der Waals surface area contributed by atoms with Crippen LogP contribution in [-0.4, -0.2) is 86.0 Å². The van der Waals surface area contributed by atoms with E-state index in [1.807, 2.05) is 86.6 Å². The van der Waals surface area contributed by atoms with Crippen LogP contribution >= 0.6 is 0 Å². The van der Waals surface area contributed by atoms with Gasteiger partial charge in [0.2, 0.25) is 29.5 Å². The van der Waals surface area contributed by atoms with E-state index in [9.17, 15) is 28.8 Å². The Hall–Kier alpha value is -7.95. The minimum Gasteiger partial charge on any atom is -0.496 e. The summed E-state index contributed by atoms with van der Waals surface area (Å²) < 4.78 is 10.9. The van der Waals surface area contributed by atoms with Gasteiger partial charge in [0.15, 0.2) is 5.96 Å². The van der Waals surface area contributed by atoms with Crippen LogP contribution in [0, 0.1) is 5.92 Å². The van der Waals surface area contributed by atoms with Gasteiger partial charge in [0, 0.05) is 36.5 Å². The van der Waals surface area contributed by atoms with Crippen LogP contribution in [0.4, 0.5) is 10.5 Å². The Morgan fingerprint density at radius 3 is 1.76 bits per heavy atom. The molecule has 68 heavy (non-hydrogen) atoms. The highest BCUT2D eigenvalue weighted by Gasteiger charge is 2.31. The Bertz CT molecular complexity index is 2490. The third-order valence-electron chi connectivity index (χ3n) is 10.7. The number of guanidine groups is 1. The Kier molecular flexibility index (Phi) is 19.7. The normalized spacial score (nSPS) is 12.6. The first kappa shape index (κ1) is 51.0. The van der Waals surface area contributed by atoms with Crippen LogP contribution in [-0.2, 0) is 48.2 Å². The van der Waals surface area contributed by atoms with Crippen LogP contribution < -0.4 is 48.1 Å². The molecule has 5 aromatic rings. The summed E-state index contributed by atoms with van der Waals surface area (Å²) >= 11 is 0. The fraction of sp³-hybridized carbons (Fsp3) is 0.314. The molecule has 0 aromatic heterocycles. The van der Waals surface area contributed by atoms with Gasteiger partial charge < -0.3 is 52.8 Å². The maximum absolute atomic E-state index is 14.3. The number of nitrogens with zero attached hydrogens (tertiary/aromatic N) is 1. The lowest BCUT2D eigenvalue weighted by molar-refractivity contribution is -0.133. The minimum absolute atomic E-state index is 0.00507. The molecule has 0 bridgehead atoms. The molecule has 0 aliphatic carbocycles. The van der Waals surface area contributed by atoms with Crippen molar-refractivity contribution in [2.24, 2.45) is 22.4 Å². The Morgan fingerprint density at radius 2 is 1.18 bits per heavy atom. The van der Waals surface area contributed by atoms with E-state index >= 15 is 0 Å². The first-order chi connectivity index (χ1) is 32.8. The number of rotatable bonds is 24. The molecule has 0 aliphatic rings. The Balaban J connectivity index is 1.30. The monoisotopic (exact) mass is 927 g/mol. The summed E-state index contributed by atoms with van der Waals surface area (Å²) in [6.07, 6.45) is -0.0664. The first-order valence-corrected chi connectivity index (χ1v) is 22.4. The number of ether oxygens (including phenoxy) is 2. The molecule has 0 heterocycles. The minimum atomic E-state index is -1.22. The smallest absolute Gasteiger partial charge is 0.408 e. The van der Waals surface area contributed by atoms with Crippen molar-refractivity contribution in [2.45, 2.75) is 76.7 Å². The highest BCUT2D eigenvalue weighted by atomic mass is 16.5. The number of benzene rings is 5. The van der Waals surface area contributed by atoms with E-state index in [-0.39, 0.29) is 50.7 Å². The van der Waals surface area contributed by atoms with Crippen LogP contribution in [0.15, 0.2) is 132 Å². The van der Waals surface area contributed by atoms with E-state index in [0.717, 1.165) is 21.9 Å². The predicted octanol–water partition coefficient (Wildman–Crippen LogP) is 4.24. The summed E-state index contributed by atoms with van der Waals surface area (Å²) in [4.78, 5) is 86.4. The molecular weight excluding hydrogens is 867 g/mol. The molecule has 17 nitrogen and oxygen atoms in total. The summed E-state index contributed by atoms with van der Waals surface area (Å²) in [5.74, 6) is -2.73. The maximum Gasteiger partial charge on any atom is 0.408 e. The summed E-state index contributed by atoms with van der Waals surface area (Å²) in [7, 11) is 1.55. The van der Waals surface area contributed by atoms with Crippen molar-refractivity contribution < 1.29 is 38.2 Å². The number of carbonyl (C=O) groups excluding carboxylic acids is 6. The Labute approximate surface area is 396 Å². The van der Waals surface area contributed by atoms with Gasteiger partial charge in [-0.2, -0.15) is 0 Å². The molecular formula is C51H61N9O8. The molecule has 4 unspecified atom stereocenters. The predicted molar refractivity (Wildman–Crippen MR) is 261 cm³/mol. The molecule has 0 fully saturated rings. The molecule has 17 heteroatoms. The second kappa shape index (κ2) is 26.3. The van der Waals surface area contributed by atoms with Crippen molar-refractivity contribution in [2.75, 3.05) is 25.5 Å². The molecule has 0 saturated carbocycles. The summed E-state index contributed by atoms with van der Waals surface area (Å²) in [5, 5.41) is 18.2. The van der Waals surface area contributed by atoms with Crippen molar-refractivity contribution in [1.29, 1.82) is 0 Å². The molecule has 358 valence electrons. The van der Waals surface area contributed by atoms with Crippen molar-refractivity contribution in [1.82, 2.24) is 26.6 Å². The molecule has 0 radical (unpaired) electrons. The van der Waals surface area contributed by atoms with E-state index in [2.05, 4.69) is 36.9 Å². The number of methoxy groups -OCH3 is 1. The van der Waals surface area contributed by atoms with E-state index in [1.165, 1.54) is 0 Å². The van der Waals surface area contributed by atoms with Crippen molar-refractivity contribution in [3.63, 3.8) is 0 Å². The highest BCUT2D eigenvalue weighted by Crippen LogP contribution is 2.30. The summed E-state index contributed by atoms with van der Waals surface area (Å²) in [6, 6.07) is 33.7. The number of nitrogens with two attached hydrogens (primary N) is 2. The lowest BCUT2D eigenvalue weighted by Crippen LogP contribution is -2.58. The van der Waals surface area contributed by atoms with Gasteiger partial charge >= 0.3 is 6.09 Å². The highest BCUT2D eigenvalue weighted by molar-refractivity contribution is 6.01. The third kappa shape index (κ3) is 16.8. The number of fused-ring (bicyclic) bond motifs is 1. The maximum atomic E-state index is 14.3. The SMILES string of the molecule is COc1cc(NC(=O)C(CC(C)C)NC(=O)C(Cc2ccccc2)NC(=O)C(Cc2ccccc2)NC(=O)CNC(=O)C(CCCN=C(N)N)NC(=O)OCc2ccccc2)cc2ccccc12. The van der Waals surface area contributed by atoms with Crippen LogP contribution in [0.25, 0.3) is 10.8 Å². The number of alkyl carbamates (subject to hydrolysis) is 1. The van der Waals surface area contributed by atoms with E-state index in [1.54, 1.807) is 61.7 Å². The number of hydrogen-bond donors (Lipinski definition) is 8. The molecule has 0 spiro atoms. The zero-order valence-corrected chi connectivity index (χ0v) is 38.5. The fourth-order valence-corrected chi connectivity index (χ4v) is 7.33. The van der Waals surface area contributed by atoms with Gasteiger partial charge in [0.05, 0.1) is 13.7 Å². The van der Waals surface area contributed by atoms with E-state index in [4.69, 9.17) is 20.9 Å². The van der Waals surface area contributed by atoms with Gasteiger partial charge in [0.25, 0.3) is 0 Å². The number of carbonyl (C=O) groups is 6. The van der Waals surface area contributed by atoms with E-state index < -0.39 is 66.3 Å². The molecule has 10 N–H and O–H groups in total. The number of amides is 6. The van der Waals surface area contributed by atoms with Gasteiger partial charge in [0.1, 0.15) is 36.5 Å². The van der Waals surface area contributed by atoms with Gasteiger partial charge in [-0.05, 0) is 53.3 Å². The first-order valence-electron chi connectivity index (χ1n) is 22.4. The van der Waals surface area contributed by atoms with Crippen LogP contribution in [0.1, 0.15) is 49.8 Å². The van der Waals surface area contributed by atoms with Gasteiger partial charge in [-0.3, -0.25) is 29.0 Å². The third-order valence-corrected chi connectivity index (χ3v) is 10.7. The van der Waals surface area contributed by atoms with Crippen molar-refractivity contribution in [3.8, 4) is 5.75 Å². The van der Waals surface area contributed by atoms with E-state index in [0.29, 0.717) is 23.4 Å². The van der Waals surface area contributed by atoms with Crippen LogP contribution in [0.5, 0.6) is 5.75 Å². The average Bonchev–Trinajstić information content (AvgIpc) is 3.33. The number of nitrogens with one attached hydrogen (secondary N) is 6. The van der Waals surface area contributed by atoms with Crippen molar-refractivity contribution >= 4 is 58.0 Å². The molecule has 6 amide bonds. The second-order valence-corrected chi connectivity index (χ2v) is 16.6. The molecule has 5 aromatic carbocycles. The number of anilines is 1. The van der Waals surface area contributed by atoms with Gasteiger partial charge in [-0.15, -0.1) is 0 Å². The zero-order valence-electron chi connectivity index (χ0n) is 38.5. The fourth-order valence-electron chi connectivity index (χ4n) is 7.33. The standard InChI is InChI=1S/C51H61N9O8/c1-33(2)26-41(47(63)56-38-29-37-22-13-14-23-39(37)44(30-38)67-3)58-49(65)43(28-35-18-9-5-10-19-35)59-48(64)42(27-34-16-7-4-8-17-34)57-45(61)31-55-46(62)40(24-15-25-54-50(52)53)60-51(66)68-32-36-20-11-6-12-21-36/h4-14,16-23,29-30,33,40-43H,15,24-28,31-32H2,1-3H3,(H,55,62)(H,56,63)(H,57,61)(H,58,65)(H,59,64)(H,60,66)(H4,52,53,54). The molecule has 4 atom stereocenters. The van der Waals surface area contributed by atoms with Crippen LogP contribution in [0.3, 0.4) is 0 Å². The second-order valence-electron chi connectivity index (χ2n) is 16.6. The quantitative estimate of drug-likeness (QED) is 0.0248. The lowest BCUT2D eigenvalue weighted by atomic mass is 10.00. The Morgan fingerprint density at radius 1 is 0.618 bits per heavy atom. The number of aliphatic imine (C=N–C) groups is 1. The zero-order chi connectivity index (χ0) is 48.8. The lowest BCUT2D eigenvalue weighted by Gasteiger charge is -2.26. The molecule has 0 saturated heterocycles.